The molecule has 1 N–H and O–H groups in total. The lowest BCUT2D eigenvalue weighted by Crippen LogP contribution is -2.39. The summed E-state index contributed by atoms with van der Waals surface area (Å²) in [6, 6.07) is -0.287. The Morgan fingerprint density at radius 3 is 2.33 bits per heavy atom. The zero-order valence-corrected chi connectivity index (χ0v) is 8.58. The summed E-state index contributed by atoms with van der Waals surface area (Å²) in [7, 11) is 0. The van der Waals surface area contributed by atoms with Crippen LogP contribution in [0.3, 0.4) is 0 Å². The molecule has 0 aromatic carbocycles. The van der Waals surface area contributed by atoms with Gasteiger partial charge in [0.05, 0.1) is 6.54 Å². The molecular weight excluding hydrogens is 211 g/mol. The highest BCUT2D eigenvalue weighted by atomic mass is 19.4. The van der Waals surface area contributed by atoms with Crippen molar-refractivity contribution in [3.8, 4) is 0 Å². The van der Waals surface area contributed by atoms with Gasteiger partial charge in [0.15, 0.2) is 0 Å². The van der Waals surface area contributed by atoms with Crippen LogP contribution in [-0.4, -0.2) is 41.3 Å². The molecule has 0 unspecified atom stereocenters. The van der Waals surface area contributed by atoms with Crippen LogP contribution < -0.4 is 0 Å². The second-order valence-corrected chi connectivity index (χ2v) is 3.38. The molecule has 0 heterocycles. The normalized spacial score (nSPS) is 13.0. The molecule has 0 spiro atoms. The predicted octanol–water partition coefficient (Wildman–Crippen LogP) is 1.90. The number of alkyl halides is 3. The van der Waals surface area contributed by atoms with Crippen LogP contribution in [0.5, 0.6) is 0 Å². The van der Waals surface area contributed by atoms with Crippen molar-refractivity contribution in [1.82, 2.24) is 4.90 Å². The number of nitrogens with zero attached hydrogens (tertiary/aromatic N) is 1. The molecular formula is C9H14F3NO2. The molecule has 0 rings (SSSR count). The Balaban J connectivity index is 4.24. The van der Waals surface area contributed by atoms with E-state index in [9.17, 15) is 18.0 Å². The van der Waals surface area contributed by atoms with Gasteiger partial charge in [0.1, 0.15) is 0 Å². The summed E-state index contributed by atoms with van der Waals surface area (Å²) in [6.07, 6.45) is -2.22. The molecule has 15 heavy (non-hydrogen) atoms. The van der Waals surface area contributed by atoms with Gasteiger partial charge < -0.3 is 5.11 Å². The second-order valence-electron chi connectivity index (χ2n) is 3.38. The van der Waals surface area contributed by atoms with E-state index in [2.05, 4.69) is 0 Å². The Morgan fingerprint density at radius 1 is 1.47 bits per heavy atom. The summed E-state index contributed by atoms with van der Waals surface area (Å²) in [5.41, 5.74) is 0. The Kier molecular flexibility index (Phi) is 5.35. The van der Waals surface area contributed by atoms with Crippen LogP contribution in [0.4, 0.5) is 13.2 Å². The summed E-state index contributed by atoms with van der Waals surface area (Å²) in [4.78, 5) is 11.2. The first-order valence-electron chi connectivity index (χ1n) is 4.42. The van der Waals surface area contributed by atoms with Gasteiger partial charge in [-0.25, -0.2) is 4.79 Å². The molecule has 0 radical (unpaired) electrons. The number of halogens is 3. The van der Waals surface area contributed by atoms with E-state index >= 15 is 0 Å². The molecule has 0 aromatic rings. The highest BCUT2D eigenvalue weighted by Gasteiger charge is 2.31. The molecule has 0 saturated heterocycles. The number of carboxylic acids is 1. The molecule has 0 amide bonds. The van der Waals surface area contributed by atoms with E-state index in [-0.39, 0.29) is 12.6 Å². The Morgan fingerprint density at radius 2 is 2.00 bits per heavy atom. The fourth-order valence-corrected chi connectivity index (χ4v) is 0.977. The molecule has 0 atom stereocenters. The number of rotatable bonds is 5. The third kappa shape index (κ3) is 7.99. The summed E-state index contributed by atoms with van der Waals surface area (Å²) in [6.45, 7) is 2.19. The van der Waals surface area contributed by atoms with E-state index in [0.717, 1.165) is 11.0 Å². The van der Waals surface area contributed by atoms with Crippen LogP contribution in [0.15, 0.2) is 12.2 Å². The highest BCUT2D eigenvalue weighted by Crippen LogP contribution is 2.17. The van der Waals surface area contributed by atoms with Crippen LogP contribution in [0.1, 0.15) is 13.8 Å². The lowest BCUT2D eigenvalue weighted by atomic mass is 10.3. The molecule has 3 nitrogen and oxygen atoms in total. The van der Waals surface area contributed by atoms with Crippen molar-refractivity contribution in [2.75, 3.05) is 13.1 Å². The van der Waals surface area contributed by atoms with Crippen LogP contribution in [0, 0.1) is 0 Å². The minimum absolute atomic E-state index is 0.0243. The SMILES string of the molecule is CC(C)N(CC=CC(=O)O)CC(F)(F)F. The van der Waals surface area contributed by atoms with Crippen LogP contribution in [0.2, 0.25) is 0 Å². The van der Waals surface area contributed by atoms with E-state index in [1.807, 2.05) is 0 Å². The zero-order valence-electron chi connectivity index (χ0n) is 8.58. The number of hydrogen-bond donors (Lipinski definition) is 1. The molecule has 0 aliphatic rings. The summed E-state index contributed by atoms with van der Waals surface area (Å²) in [5, 5.41) is 8.27. The Labute approximate surface area is 86.2 Å². The van der Waals surface area contributed by atoms with Crippen molar-refractivity contribution in [1.29, 1.82) is 0 Å². The van der Waals surface area contributed by atoms with Gasteiger partial charge in [-0.05, 0) is 13.8 Å². The molecule has 0 saturated carbocycles. The fourth-order valence-electron chi connectivity index (χ4n) is 0.977. The maximum atomic E-state index is 12.1. The largest absolute Gasteiger partial charge is 0.478 e. The Hall–Kier alpha value is -1.04. The monoisotopic (exact) mass is 225 g/mol. The van der Waals surface area contributed by atoms with E-state index in [4.69, 9.17) is 5.11 Å². The van der Waals surface area contributed by atoms with Gasteiger partial charge in [0.2, 0.25) is 0 Å². The van der Waals surface area contributed by atoms with Crippen molar-refractivity contribution in [2.24, 2.45) is 0 Å². The van der Waals surface area contributed by atoms with Crippen molar-refractivity contribution in [2.45, 2.75) is 26.1 Å². The summed E-state index contributed by atoms with van der Waals surface area (Å²) >= 11 is 0. The average molecular weight is 225 g/mol. The zero-order chi connectivity index (χ0) is 12.1. The topological polar surface area (TPSA) is 40.5 Å². The fraction of sp³-hybridized carbons (Fsp3) is 0.667. The molecule has 0 aliphatic carbocycles. The molecule has 0 aromatic heterocycles. The maximum Gasteiger partial charge on any atom is 0.401 e. The standard InChI is InChI=1S/C9H14F3NO2/c1-7(2)13(6-9(10,11)12)5-3-4-8(14)15/h3-4,7H,5-6H2,1-2H3,(H,14,15). The van der Waals surface area contributed by atoms with E-state index in [0.29, 0.717) is 0 Å². The van der Waals surface area contributed by atoms with Gasteiger partial charge in [-0.3, -0.25) is 4.90 Å². The summed E-state index contributed by atoms with van der Waals surface area (Å²) < 4.78 is 36.2. The van der Waals surface area contributed by atoms with Gasteiger partial charge in [-0.2, -0.15) is 13.2 Å². The third-order valence-corrected chi connectivity index (χ3v) is 1.71. The lowest BCUT2D eigenvalue weighted by Gasteiger charge is -2.25. The van der Waals surface area contributed by atoms with Crippen molar-refractivity contribution >= 4 is 5.97 Å². The number of carbonyl (C=O) groups is 1. The first-order valence-corrected chi connectivity index (χ1v) is 4.42. The Bertz CT molecular complexity index is 236. The molecule has 0 fully saturated rings. The minimum atomic E-state index is -4.26. The molecule has 0 bridgehead atoms. The average Bonchev–Trinajstić information content (AvgIpc) is 1.99. The number of aliphatic carboxylic acids is 1. The molecule has 6 heteroatoms. The van der Waals surface area contributed by atoms with Gasteiger partial charge >= 0.3 is 12.1 Å². The van der Waals surface area contributed by atoms with Crippen molar-refractivity contribution < 1.29 is 23.1 Å². The van der Waals surface area contributed by atoms with Crippen molar-refractivity contribution in [3.05, 3.63) is 12.2 Å². The first-order chi connectivity index (χ1) is 6.72. The van der Waals surface area contributed by atoms with Crippen LogP contribution in [-0.2, 0) is 4.79 Å². The van der Waals surface area contributed by atoms with Gasteiger partial charge in [-0.15, -0.1) is 0 Å². The number of hydrogen-bond acceptors (Lipinski definition) is 2. The van der Waals surface area contributed by atoms with Gasteiger partial charge in [-0.1, -0.05) is 6.08 Å². The van der Waals surface area contributed by atoms with E-state index in [1.165, 1.54) is 6.08 Å². The minimum Gasteiger partial charge on any atom is -0.478 e. The van der Waals surface area contributed by atoms with E-state index in [1.54, 1.807) is 13.8 Å². The van der Waals surface area contributed by atoms with Gasteiger partial charge in [0.25, 0.3) is 0 Å². The maximum absolute atomic E-state index is 12.1. The van der Waals surface area contributed by atoms with E-state index < -0.39 is 18.7 Å². The molecule has 88 valence electrons. The highest BCUT2D eigenvalue weighted by molar-refractivity contribution is 5.79. The lowest BCUT2D eigenvalue weighted by molar-refractivity contribution is -0.148. The predicted molar refractivity (Wildman–Crippen MR) is 49.5 cm³/mol. The second kappa shape index (κ2) is 5.75. The van der Waals surface area contributed by atoms with Crippen LogP contribution in [0.25, 0.3) is 0 Å². The summed E-state index contributed by atoms with van der Waals surface area (Å²) in [5.74, 6) is -1.16. The third-order valence-electron chi connectivity index (χ3n) is 1.71. The van der Waals surface area contributed by atoms with Gasteiger partial charge in [0, 0.05) is 18.7 Å². The smallest absolute Gasteiger partial charge is 0.401 e. The van der Waals surface area contributed by atoms with Crippen molar-refractivity contribution in [3.63, 3.8) is 0 Å². The first kappa shape index (κ1) is 14.0. The number of carboxylic acid groups (broad SMARTS) is 1. The van der Waals surface area contributed by atoms with Crippen LogP contribution >= 0.6 is 0 Å². The quantitative estimate of drug-likeness (QED) is 0.726. The molecule has 0 aliphatic heterocycles.